The van der Waals surface area contributed by atoms with Gasteiger partial charge in [-0.1, -0.05) is 17.4 Å². The Labute approximate surface area is 118 Å². The number of nitrogens with one attached hydrogen (secondary N) is 1. The lowest BCUT2D eigenvalue weighted by Crippen LogP contribution is -2.13. The number of carbonyl (C=O) groups is 1. The van der Waals surface area contributed by atoms with Crippen LogP contribution in [0.25, 0.3) is 10.2 Å². The van der Waals surface area contributed by atoms with E-state index in [9.17, 15) is 4.79 Å². The van der Waals surface area contributed by atoms with Gasteiger partial charge in [-0.25, -0.2) is 9.97 Å². The maximum Gasteiger partial charge on any atom is 0.277 e. The van der Waals surface area contributed by atoms with Crippen molar-refractivity contribution >= 4 is 32.6 Å². The zero-order valence-electron chi connectivity index (χ0n) is 10.5. The molecule has 0 saturated heterocycles. The quantitative estimate of drug-likeness (QED) is 0.799. The minimum absolute atomic E-state index is 0.249. The summed E-state index contributed by atoms with van der Waals surface area (Å²) in [4.78, 5) is 24.1. The van der Waals surface area contributed by atoms with E-state index in [1.54, 1.807) is 7.11 Å². The summed E-state index contributed by atoms with van der Waals surface area (Å²) >= 11 is 1.38. The van der Waals surface area contributed by atoms with Crippen LogP contribution in [0.3, 0.4) is 0 Å². The zero-order chi connectivity index (χ0) is 13.9. The highest BCUT2D eigenvalue weighted by Gasteiger charge is 2.12. The number of fused-ring (bicyclic) bond motifs is 1. The van der Waals surface area contributed by atoms with E-state index in [2.05, 4.69) is 20.3 Å². The van der Waals surface area contributed by atoms with Gasteiger partial charge >= 0.3 is 0 Å². The van der Waals surface area contributed by atoms with Gasteiger partial charge in [0.25, 0.3) is 5.91 Å². The van der Waals surface area contributed by atoms with Crippen molar-refractivity contribution < 1.29 is 9.53 Å². The van der Waals surface area contributed by atoms with Gasteiger partial charge in [-0.15, -0.1) is 0 Å². The third-order valence-electron chi connectivity index (χ3n) is 2.62. The molecule has 1 N–H and O–H groups in total. The lowest BCUT2D eigenvalue weighted by molar-refractivity contribution is 0.102. The average Bonchev–Trinajstić information content (AvgIpc) is 2.90. The summed E-state index contributed by atoms with van der Waals surface area (Å²) in [7, 11) is 1.59. The Kier molecular flexibility index (Phi) is 3.26. The van der Waals surface area contributed by atoms with Crippen molar-refractivity contribution in [3.8, 4) is 5.75 Å². The number of para-hydroxylation sites is 1. The normalized spacial score (nSPS) is 10.4. The van der Waals surface area contributed by atoms with Crippen LogP contribution in [0.15, 0.2) is 36.8 Å². The number of nitrogens with zero attached hydrogens (tertiary/aromatic N) is 3. The van der Waals surface area contributed by atoms with Crippen LogP contribution < -0.4 is 10.1 Å². The summed E-state index contributed by atoms with van der Waals surface area (Å²) < 4.78 is 6.18. The Balaban J connectivity index is 1.90. The van der Waals surface area contributed by atoms with Crippen molar-refractivity contribution in [2.75, 3.05) is 12.4 Å². The molecule has 0 unspecified atom stereocenters. The monoisotopic (exact) mass is 286 g/mol. The fourth-order valence-corrected chi connectivity index (χ4v) is 2.60. The first kappa shape index (κ1) is 12.5. The SMILES string of the molecule is COc1cccc2sc(NC(=O)c3cnccn3)nc12. The largest absolute Gasteiger partial charge is 0.494 e. The molecule has 2 aromatic heterocycles. The molecule has 1 amide bonds. The van der Waals surface area contributed by atoms with E-state index in [-0.39, 0.29) is 11.6 Å². The number of hydrogen-bond donors (Lipinski definition) is 1. The van der Waals surface area contributed by atoms with Crippen molar-refractivity contribution in [3.63, 3.8) is 0 Å². The predicted molar refractivity (Wildman–Crippen MR) is 76.2 cm³/mol. The molecule has 0 aliphatic heterocycles. The maximum atomic E-state index is 12.0. The number of methoxy groups -OCH3 is 1. The van der Waals surface area contributed by atoms with E-state index in [0.717, 1.165) is 10.2 Å². The molecule has 0 bridgehead atoms. The number of thiazole rings is 1. The molecule has 6 nitrogen and oxygen atoms in total. The summed E-state index contributed by atoms with van der Waals surface area (Å²) in [5.41, 5.74) is 0.980. The van der Waals surface area contributed by atoms with Gasteiger partial charge in [0.2, 0.25) is 0 Å². The fraction of sp³-hybridized carbons (Fsp3) is 0.0769. The molecule has 20 heavy (non-hydrogen) atoms. The molecule has 0 aliphatic carbocycles. The lowest BCUT2D eigenvalue weighted by Gasteiger charge is -1.99. The van der Waals surface area contributed by atoms with Gasteiger partial charge < -0.3 is 4.74 Å². The van der Waals surface area contributed by atoms with Crippen LogP contribution >= 0.6 is 11.3 Å². The molecule has 100 valence electrons. The molecule has 0 saturated carbocycles. The number of amides is 1. The van der Waals surface area contributed by atoms with Crippen LogP contribution in [0.2, 0.25) is 0 Å². The predicted octanol–water partition coefficient (Wildman–Crippen LogP) is 2.35. The van der Waals surface area contributed by atoms with Crippen LogP contribution in [-0.4, -0.2) is 28.0 Å². The van der Waals surface area contributed by atoms with E-state index in [0.29, 0.717) is 10.9 Å². The van der Waals surface area contributed by atoms with E-state index >= 15 is 0 Å². The van der Waals surface area contributed by atoms with E-state index in [1.807, 2.05) is 18.2 Å². The Morgan fingerprint density at radius 2 is 2.25 bits per heavy atom. The summed E-state index contributed by atoms with van der Waals surface area (Å²) in [6.45, 7) is 0. The summed E-state index contributed by atoms with van der Waals surface area (Å²) in [5.74, 6) is 0.342. The van der Waals surface area contributed by atoms with Gasteiger partial charge in [0.15, 0.2) is 5.13 Å². The van der Waals surface area contributed by atoms with Crippen molar-refractivity contribution in [2.45, 2.75) is 0 Å². The van der Waals surface area contributed by atoms with Gasteiger partial charge in [0, 0.05) is 12.4 Å². The number of anilines is 1. The van der Waals surface area contributed by atoms with Crippen molar-refractivity contribution in [3.05, 3.63) is 42.5 Å². The van der Waals surface area contributed by atoms with Crippen molar-refractivity contribution in [2.24, 2.45) is 0 Å². The van der Waals surface area contributed by atoms with Crippen molar-refractivity contribution in [1.82, 2.24) is 15.0 Å². The number of benzene rings is 1. The van der Waals surface area contributed by atoms with Gasteiger partial charge in [-0.05, 0) is 12.1 Å². The molecule has 0 spiro atoms. The molecule has 7 heteroatoms. The number of hydrogen-bond acceptors (Lipinski definition) is 6. The first-order chi connectivity index (χ1) is 9.78. The molecular weight excluding hydrogens is 276 g/mol. The fourth-order valence-electron chi connectivity index (χ4n) is 1.72. The highest BCUT2D eigenvalue weighted by Crippen LogP contribution is 2.32. The molecule has 0 fully saturated rings. The van der Waals surface area contributed by atoms with Gasteiger partial charge in [-0.2, -0.15) is 0 Å². The first-order valence-electron chi connectivity index (χ1n) is 5.79. The smallest absolute Gasteiger partial charge is 0.277 e. The Hall–Kier alpha value is -2.54. The minimum Gasteiger partial charge on any atom is -0.494 e. The maximum absolute atomic E-state index is 12.0. The Bertz CT molecular complexity index is 757. The van der Waals surface area contributed by atoms with Gasteiger partial charge in [0.1, 0.15) is 17.0 Å². The Morgan fingerprint density at radius 1 is 1.35 bits per heavy atom. The van der Waals surface area contributed by atoms with E-state index in [1.165, 1.54) is 29.9 Å². The molecule has 1 aromatic carbocycles. The minimum atomic E-state index is -0.337. The standard InChI is InChI=1S/C13H10N4O2S/c1-19-9-3-2-4-10-11(9)16-13(20-10)17-12(18)8-7-14-5-6-15-8/h2-7H,1H3,(H,16,17,18). The average molecular weight is 286 g/mol. The molecule has 2 heterocycles. The highest BCUT2D eigenvalue weighted by atomic mass is 32.1. The molecule has 0 radical (unpaired) electrons. The molecule has 3 aromatic rings. The third kappa shape index (κ3) is 2.30. The first-order valence-corrected chi connectivity index (χ1v) is 6.60. The van der Waals surface area contributed by atoms with Crippen LogP contribution in [0.4, 0.5) is 5.13 Å². The van der Waals surface area contributed by atoms with Crippen LogP contribution in [0.1, 0.15) is 10.5 Å². The number of carbonyl (C=O) groups excluding carboxylic acids is 1. The zero-order valence-corrected chi connectivity index (χ0v) is 11.3. The number of ether oxygens (including phenoxy) is 1. The highest BCUT2D eigenvalue weighted by molar-refractivity contribution is 7.22. The van der Waals surface area contributed by atoms with E-state index < -0.39 is 0 Å². The van der Waals surface area contributed by atoms with Gasteiger partial charge in [-0.3, -0.25) is 15.1 Å². The second kappa shape index (κ2) is 5.22. The second-order valence-electron chi connectivity index (χ2n) is 3.87. The second-order valence-corrected chi connectivity index (χ2v) is 4.90. The summed E-state index contributed by atoms with van der Waals surface area (Å²) in [6.07, 6.45) is 4.39. The number of rotatable bonds is 3. The molecule has 3 rings (SSSR count). The Morgan fingerprint density at radius 3 is 3.00 bits per heavy atom. The molecule has 0 aliphatic rings. The van der Waals surface area contributed by atoms with Crippen LogP contribution in [0.5, 0.6) is 5.75 Å². The molecular formula is C13H10N4O2S. The summed E-state index contributed by atoms with van der Waals surface area (Å²) in [5, 5.41) is 3.21. The van der Waals surface area contributed by atoms with Crippen LogP contribution in [-0.2, 0) is 0 Å². The number of aromatic nitrogens is 3. The van der Waals surface area contributed by atoms with Crippen LogP contribution in [0, 0.1) is 0 Å². The van der Waals surface area contributed by atoms with E-state index in [4.69, 9.17) is 4.74 Å². The lowest BCUT2D eigenvalue weighted by atomic mass is 10.3. The summed E-state index contributed by atoms with van der Waals surface area (Å²) in [6, 6.07) is 5.64. The third-order valence-corrected chi connectivity index (χ3v) is 3.55. The van der Waals surface area contributed by atoms with Gasteiger partial charge in [0.05, 0.1) is 18.0 Å². The molecule has 0 atom stereocenters. The van der Waals surface area contributed by atoms with Crippen molar-refractivity contribution in [1.29, 1.82) is 0 Å². The topological polar surface area (TPSA) is 77.0 Å².